The largest absolute Gasteiger partial charge is 0.481 e. The highest BCUT2D eigenvalue weighted by Crippen LogP contribution is 2.40. The van der Waals surface area contributed by atoms with Gasteiger partial charge in [-0.15, -0.1) is 10.2 Å². The van der Waals surface area contributed by atoms with Crippen molar-refractivity contribution >= 4 is 81.3 Å². The number of aromatic nitrogens is 8. The average Bonchev–Trinajstić information content (AvgIpc) is 4.09. The van der Waals surface area contributed by atoms with E-state index in [-0.39, 0.29) is 0 Å². The van der Waals surface area contributed by atoms with Crippen molar-refractivity contribution in [2.24, 2.45) is 0 Å². The van der Waals surface area contributed by atoms with Gasteiger partial charge in [0, 0.05) is 70.7 Å². The van der Waals surface area contributed by atoms with Crippen LogP contribution in [-0.2, 0) is 48.6 Å². The predicted octanol–water partition coefficient (Wildman–Crippen LogP) is 11.6. The van der Waals surface area contributed by atoms with E-state index in [9.17, 15) is 0 Å². The third kappa shape index (κ3) is 14.5. The smallest absolute Gasteiger partial charge is 0.228 e. The van der Waals surface area contributed by atoms with E-state index >= 15 is 0 Å². The fourth-order valence-electron chi connectivity index (χ4n) is 7.42. The van der Waals surface area contributed by atoms with Gasteiger partial charge >= 0.3 is 0 Å². The van der Waals surface area contributed by atoms with Crippen molar-refractivity contribution in [2.45, 2.75) is 103 Å². The molecular formula is C46H61Br3N10O4Si2. The van der Waals surface area contributed by atoms with Crippen LogP contribution in [0.4, 0.5) is 17.3 Å². The third-order valence-corrected chi connectivity index (χ3v) is 15.7. The second kappa shape index (κ2) is 23.2. The summed E-state index contributed by atoms with van der Waals surface area (Å²) in [5, 5.41) is 12.2. The molecule has 0 saturated heterocycles. The lowest BCUT2D eigenvalue weighted by atomic mass is 9.98. The van der Waals surface area contributed by atoms with Crippen molar-refractivity contribution in [3.8, 4) is 34.0 Å². The molecule has 0 bridgehead atoms. The van der Waals surface area contributed by atoms with Gasteiger partial charge in [0.2, 0.25) is 27.2 Å². The number of benzene rings is 2. The summed E-state index contributed by atoms with van der Waals surface area (Å²) in [5.41, 5.74) is 18.0. The molecular weight excluding hydrogens is 1050 g/mol. The van der Waals surface area contributed by atoms with E-state index < -0.39 is 16.1 Å². The molecule has 0 saturated carbocycles. The van der Waals surface area contributed by atoms with Gasteiger partial charge in [-0.25, -0.2) is 19.3 Å². The topological polar surface area (TPSA) is 162 Å². The molecule has 2 aliphatic carbocycles. The van der Waals surface area contributed by atoms with E-state index in [2.05, 4.69) is 147 Å². The minimum absolute atomic E-state index is 0.360. The number of pyridine rings is 2. The average molecular weight is 1110 g/mol. The third-order valence-electron chi connectivity index (χ3n) is 11.0. The number of nitrogens with one attached hydrogen (secondary N) is 1. The first-order valence-electron chi connectivity index (χ1n) is 21.9. The molecule has 4 aromatic heterocycles. The Morgan fingerprint density at radius 2 is 1.15 bits per heavy atom. The Labute approximate surface area is 410 Å². The van der Waals surface area contributed by atoms with Crippen LogP contribution in [0.3, 0.4) is 0 Å². The molecule has 0 spiro atoms. The second-order valence-corrected chi connectivity index (χ2v) is 31.7. The number of nitrogens with zero attached hydrogens (tertiary/aromatic N) is 8. The summed E-state index contributed by atoms with van der Waals surface area (Å²) in [5.74, 6) is 1.87. The number of rotatable bonds is 16. The molecule has 0 aliphatic heterocycles. The lowest BCUT2D eigenvalue weighted by Crippen LogP contribution is -2.22. The van der Waals surface area contributed by atoms with Crippen molar-refractivity contribution in [3.05, 3.63) is 97.4 Å². The predicted molar refractivity (Wildman–Crippen MR) is 276 cm³/mol. The molecule has 0 unspecified atom stereocenters. The number of fused-ring (bicyclic) bond motifs is 2. The van der Waals surface area contributed by atoms with Gasteiger partial charge < -0.3 is 30.0 Å². The highest BCUT2D eigenvalue weighted by atomic mass is 79.9. The lowest BCUT2D eigenvalue weighted by molar-refractivity contribution is 0.0764. The van der Waals surface area contributed by atoms with Crippen LogP contribution in [0.15, 0.2) is 75.1 Å². The Balaban J connectivity index is 0.000000179. The standard InChI is InChI=1S/C23H30BrN5O2Si.C15H16N2O.C8H15Br2N3OSi/c1-30-20-14-17(10-11-25-20)19-9-8-16-6-5-7-18(16)21(19)26-23-27-22(24)28-29(23)15-31-12-13-32(2,3)4;1-18-14-9-11(7-8-17-14)13-6-5-10-3-2-4-12(10)15(13)16;1-15(2,3)5-4-14-6-13-8(10)11-7(9)12-13/h8-11,14H,5-7,12-13,15H2,1-4H3,(H,26,27,28);5-9H,2-4,16H2,1H3;4-6H2,1-3H3. The maximum atomic E-state index is 6.30. The summed E-state index contributed by atoms with van der Waals surface area (Å²) >= 11 is 9.92. The first-order chi connectivity index (χ1) is 31.0. The van der Waals surface area contributed by atoms with E-state index in [0.717, 1.165) is 85.0 Å². The zero-order valence-corrected chi connectivity index (χ0v) is 45.4. The Hall–Kier alpha value is -3.99. The molecule has 2 aromatic carbocycles. The minimum atomic E-state index is -1.14. The lowest BCUT2D eigenvalue weighted by Gasteiger charge is -2.18. The maximum absolute atomic E-state index is 6.30. The Bertz CT molecular complexity index is 2530. The van der Waals surface area contributed by atoms with Gasteiger partial charge in [-0.2, -0.15) is 9.97 Å². The van der Waals surface area contributed by atoms with Gasteiger partial charge in [-0.3, -0.25) is 0 Å². The van der Waals surface area contributed by atoms with E-state index in [1.165, 1.54) is 34.7 Å². The van der Waals surface area contributed by atoms with Gasteiger partial charge in [0.15, 0.2) is 4.73 Å². The number of nitrogen functional groups attached to an aromatic ring is 1. The van der Waals surface area contributed by atoms with Gasteiger partial charge in [0.05, 0.1) is 19.9 Å². The fourth-order valence-corrected chi connectivity index (χ4v) is 10.2. The molecule has 3 N–H and O–H groups in total. The number of ether oxygens (including phenoxy) is 4. The first-order valence-corrected chi connectivity index (χ1v) is 31.7. The van der Waals surface area contributed by atoms with Crippen molar-refractivity contribution in [2.75, 3.05) is 38.5 Å². The number of hydrogen-bond donors (Lipinski definition) is 2. The van der Waals surface area contributed by atoms with Gasteiger partial charge in [-0.05, 0) is 144 Å². The van der Waals surface area contributed by atoms with Crippen molar-refractivity contribution in [3.63, 3.8) is 0 Å². The number of nitrogens with two attached hydrogens (primary N) is 1. The van der Waals surface area contributed by atoms with E-state index in [1.807, 2.05) is 24.3 Å². The van der Waals surface area contributed by atoms with Gasteiger partial charge in [-0.1, -0.05) is 63.5 Å². The van der Waals surface area contributed by atoms with E-state index in [1.54, 1.807) is 36.0 Å². The molecule has 8 rings (SSSR count). The molecule has 2 aliphatic rings. The van der Waals surface area contributed by atoms with Crippen LogP contribution in [0, 0.1) is 0 Å². The van der Waals surface area contributed by atoms with Crippen LogP contribution in [0.1, 0.15) is 35.1 Å². The molecule has 6 aromatic rings. The Morgan fingerprint density at radius 3 is 1.71 bits per heavy atom. The molecule has 65 heavy (non-hydrogen) atoms. The van der Waals surface area contributed by atoms with E-state index in [0.29, 0.717) is 45.4 Å². The summed E-state index contributed by atoms with van der Waals surface area (Å²) in [6.07, 6.45) is 10.3. The highest BCUT2D eigenvalue weighted by Gasteiger charge is 2.22. The SMILES string of the molecule is COc1cc(-c2ccc3c(c2N)CCC3)ccn1.COc1cc(-c2ccc3c(c2Nc2nc(Br)nn2COCC[Si](C)(C)C)CCC3)ccn1.C[Si](C)(C)CCOCn1nc(Br)nc1Br. The number of hydrogen-bond acceptors (Lipinski definition) is 12. The molecule has 14 nitrogen and oxygen atoms in total. The zero-order valence-electron chi connectivity index (χ0n) is 38.7. The quantitative estimate of drug-likeness (QED) is 0.0537. The first kappa shape index (κ1) is 50.4. The van der Waals surface area contributed by atoms with Crippen molar-refractivity contribution < 1.29 is 18.9 Å². The monoisotopic (exact) mass is 1110 g/mol. The summed E-state index contributed by atoms with van der Waals surface area (Å²) in [6, 6.07) is 18.8. The fraction of sp³-hybridized carbons (Fsp3) is 0.435. The van der Waals surface area contributed by atoms with Crippen LogP contribution < -0.4 is 20.5 Å². The molecule has 19 heteroatoms. The van der Waals surface area contributed by atoms with Gasteiger partial charge in [0.1, 0.15) is 13.5 Å². The molecule has 0 fully saturated rings. The Morgan fingerprint density at radius 1 is 0.646 bits per heavy atom. The number of anilines is 3. The summed E-state index contributed by atoms with van der Waals surface area (Å²) in [6.45, 7) is 16.4. The molecule has 0 amide bonds. The van der Waals surface area contributed by atoms with E-state index in [4.69, 9.17) is 24.7 Å². The van der Waals surface area contributed by atoms with Gasteiger partial charge in [0.25, 0.3) is 0 Å². The highest BCUT2D eigenvalue weighted by molar-refractivity contribution is 9.11. The summed E-state index contributed by atoms with van der Waals surface area (Å²) < 4.78 is 27.2. The van der Waals surface area contributed by atoms with Crippen LogP contribution in [0.25, 0.3) is 22.3 Å². The van der Waals surface area contributed by atoms with Crippen molar-refractivity contribution in [1.82, 2.24) is 39.5 Å². The van der Waals surface area contributed by atoms with Crippen LogP contribution >= 0.6 is 47.8 Å². The maximum Gasteiger partial charge on any atom is 0.228 e. The van der Waals surface area contributed by atoms with Crippen LogP contribution in [-0.4, -0.2) is 83.1 Å². The second-order valence-electron chi connectivity index (χ2n) is 18.3. The summed E-state index contributed by atoms with van der Waals surface area (Å²) in [4.78, 5) is 17.0. The zero-order chi connectivity index (χ0) is 46.7. The number of aryl methyl sites for hydroxylation is 2. The summed E-state index contributed by atoms with van der Waals surface area (Å²) in [7, 11) is 1.12. The minimum Gasteiger partial charge on any atom is -0.481 e. The molecule has 0 radical (unpaired) electrons. The normalized spacial score (nSPS) is 13.0. The number of halogens is 3. The molecule has 348 valence electrons. The number of methoxy groups -OCH3 is 2. The van der Waals surface area contributed by atoms with Crippen LogP contribution in [0.2, 0.25) is 51.4 Å². The van der Waals surface area contributed by atoms with Crippen LogP contribution in [0.5, 0.6) is 11.8 Å². The van der Waals surface area contributed by atoms with Crippen molar-refractivity contribution in [1.29, 1.82) is 0 Å². The Kier molecular flexibility index (Phi) is 18.0. The molecule has 0 atom stereocenters. The molecule has 4 heterocycles.